The number of nitrogens with zero attached hydrogens (tertiary/aromatic N) is 2. The first-order chi connectivity index (χ1) is 9.72. The topological polar surface area (TPSA) is 48.4 Å². The number of thiocarbonyl (C=S) groups is 1. The zero-order chi connectivity index (χ0) is 14.4. The normalized spacial score (nSPS) is 10.1. The van der Waals surface area contributed by atoms with Gasteiger partial charge in [0.2, 0.25) is 0 Å². The van der Waals surface area contributed by atoms with Crippen molar-refractivity contribution in [2.45, 2.75) is 13.5 Å². The lowest BCUT2D eigenvalue weighted by atomic mass is 10.2. The standard InChI is InChI=1S/C15H17N3OS/c1-2-16-15(20)18(11-12-7-5-6-10-17-12)13-8-3-4-9-14(13)19/h3-10,19H,2,11H2,1H3,(H,16,20). The maximum Gasteiger partial charge on any atom is 0.173 e. The van der Waals surface area contributed by atoms with E-state index in [4.69, 9.17) is 12.2 Å². The molecule has 0 fully saturated rings. The van der Waals surface area contributed by atoms with E-state index >= 15 is 0 Å². The summed E-state index contributed by atoms with van der Waals surface area (Å²) >= 11 is 5.39. The van der Waals surface area contributed by atoms with Crippen LogP contribution in [0.15, 0.2) is 48.7 Å². The predicted molar refractivity (Wildman–Crippen MR) is 84.8 cm³/mol. The predicted octanol–water partition coefficient (Wildman–Crippen LogP) is 2.69. The van der Waals surface area contributed by atoms with Crippen LogP contribution in [0.1, 0.15) is 12.6 Å². The van der Waals surface area contributed by atoms with Gasteiger partial charge >= 0.3 is 0 Å². The first kappa shape index (κ1) is 14.3. The zero-order valence-corrected chi connectivity index (χ0v) is 12.1. The molecule has 0 saturated carbocycles. The Bertz CT molecular complexity index is 574. The second kappa shape index (κ2) is 6.86. The molecule has 0 unspecified atom stereocenters. The highest BCUT2D eigenvalue weighted by molar-refractivity contribution is 7.80. The smallest absolute Gasteiger partial charge is 0.173 e. The molecule has 1 aromatic carbocycles. The molecule has 0 aliphatic heterocycles. The maximum absolute atomic E-state index is 10.0. The number of aromatic nitrogens is 1. The molecule has 0 saturated heterocycles. The largest absolute Gasteiger partial charge is 0.506 e. The minimum absolute atomic E-state index is 0.198. The first-order valence-corrected chi connectivity index (χ1v) is 6.86. The molecule has 104 valence electrons. The van der Waals surface area contributed by atoms with Crippen molar-refractivity contribution in [2.24, 2.45) is 0 Å². The highest BCUT2D eigenvalue weighted by Gasteiger charge is 2.15. The van der Waals surface area contributed by atoms with Crippen LogP contribution in [0.4, 0.5) is 5.69 Å². The van der Waals surface area contributed by atoms with Gasteiger partial charge in [-0.2, -0.15) is 0 Å². The number of phenolic OH excluding ortho intramolecular Hbond substituents is 1. The van der Waals surface area contributed by atoms with Gasteiger partial charge in [-0.1, -0.05) is 18.2 Å². The quantitative estimate of drug-likeness (QED) is 0.847. The van der Waals surface area contributed by atoms with Gasteiger partial charge in [0, 0.05) is 12.7 Å². The van der Waals surface area contributed by atoms with Gasteiger partial charge in [0.15, 0.2) is 5.11 Å². The highest BCUT2D eigenvalue weighted by Crippen LogP contribution is 2.27. The Labute approximate surface area is 124 Å². The summed E-state index contributed by atoms with van der Waals surface area (Å²) < 4.78 is 0. The molecule has 0 radical (unpaired) electrons. The average molecular weight is 287 g/mol. The van der Waals surface area contributed by atoms with Crippen molar-refractivity contribution < 1.29 is 5.11 Å². The lowest BCUT2D eigenvalue weighted by Crippen LogP contribution is -2.39. The van der Waals surface area contributed by atoms with Crippen LogP contribution in [0.5, 0.6) is 5.75 Å². The van der Waals surface area contributed by atoms with Crippen molar-refractivity contribution in [3.8, 4) is 5.75 Å². The third kappa shape index (κ3) is 3.45. The lowest BCUT2D eigenvalue weighted by molar-refractivity contribution is 0.475. The van der Waals surface area contributed by atoms with Crippen molar-refractivity contribution in [3.05, 3.63) is 54.4 Å². The van der Waals surface area contributed by atoms with Crippen LogP contribution in [0.2, 0.25) is 0 Å². The number of hydrogen-bond donors (Lipinski definition) is 2. The Kier molecular flexibility index (Phi) is 4.90. The second-order valence-corrected chi connectivity index (χ2v) is 4.62. The molecule has 5 heteroatoms. The van der Waals surface area contributed by atoms with Crippen molar-refractivity contribution in [2.75, 3.05) is 11.4 Å². The van der Waals surface area contributed by atoms with Crippen LogP contribution in [0, 0.1) is 0 Å². The van der Waals surface area contributed by atoms with Gasteiger partial charge in [0.25, 0.3) is 0 Å². The summed E-state index contributed by atoms with van der Waals surface area (Å²) in [7, 11) is 0. The van der Waals surface area contributed by atoms with Crippen LogP contribution in [0.3, 0.4) is 0 Å². The molecule has 1 heterocycles. The van der Waals surface area contributed by atoms with E-state index in [1.54, 1.807) is 18.3 Å². The fourth-order valence-corrected chi connectivity index (χ4v) is 2.17. The van der Waals surface area contributed by atoms with Crippen molar-refractivity contribution in [3.63, 3.8) is 0 Å². The van der Waals surface area contributed by atoms with Crippen molar-refractivity contribution in [1.82, 2.24) is 10.3 Å². The summed E-state index contributed by atoms with van der Waals surface area (Å²) in [5.41, 5.74) is 1.56. The number of pyridine rings is 1. The summed E-state index contributed by atoms with van der Waals surface area (Å²) in [4.78, 5) is 6.15. The Morgan fingerprint density at radius 2 is 2.00 bits per heavy atom. The summed E-state index contributed by atoms with van der Waals surface area (Å²) in [5.74, 6) is 0.198. The van der Waals surface area contributed by atoms with E-state index in [2.05, 4.69) is 10.3 Å². The van der Waals surface area contributed by atoms with E-state index in [1.807, 2.05) is 42.2 Å². The average Bonchev–Trinajstić information content (AvgIpc) is 2.47. The molecule has 2 aromatic rings. The van der Waals surface area contributed by atoms with E-state index in [0.717, 1.165) is 12.2 Å². The fourth-order valence-electron chi connectivity index (χ4n) is 1.86. The highest BCUT2D eigenvalue weighted by atomic mass is 32.1. The lowest BCUT2D eigenvalue weighted by Gasteiger charge is -2.26. The fraction of sp³-hybridized carbons (Fsp3) is 0.200. The van der Waals surface area contributed by atoms with Gasteiger partial charge < -0.3 is 15.3 Å². The molecule has 0 amide bonds. The summed E-state index contributed by atoms with van der Waals surface area (Å²) in [6, 6.07) is 12.9. The van der Waals surface area contributed by atoms with E-state index in [9.17, 15) is 5.11 Å². The second-order valence-electron chi connectivity index (χ2n) is 4.23. The van der Waals surface area contributed by atoms with E-state index in [1.165, 1.54) is 0 Å². The molecule has 0 aliphatic carbocycles. The zero-order valence-electron chi connectivity index (χ0n) is 11.3. The minimum atomic E-state index is 0.198. The number of hydrogen-bond acceptors (Lipinski definition) is 3. The molecule has 2 N–H and O–H groups in total. The number of para-hydroxylation sites is 2. The van der Waals surface area contributed by atoms with Crippen molar-refractivity contribution in [1.29, 1.82) is 0 Å². The van der Waals surface area contributed by atoms with Gasteiger partial charge in [-0.15, -0.1) is 0 Å². The Balaban J connectivity index is 2.30. The Morgan fingerprint density at radius 1 is 1.25 bits per heavy atom. The number of benzene rings is 1. The first-order valence-electron chi connectivity index (χ1n) is 6.45. The van der Waals surface area contributed by atoms with Gasteiger partial charge in [-0.3, -0.25) is 4.98 Å². The third-order valence-electron chi connectivity index (χ3n) is 2.79. The number of nitrogens with one attached hydrogen (secondary N) is 1. The van der Waals surface area contributed by atoms with Crippen LogP contribution >= 0.6 is 12.2 Å². The van der Waals surface area contributed by atoms with Gasteiger partial charge in [-0.25, -0.2) is 0 Å². The molecule has 0 aliphatic rings. The van der Waals surface area contributed by atoms with Gasteiger partial charge in [0.1, 0.15) is 5.75 Å². The molecular formula is C15H17N3OS. The van der Waals surface area contributed by atoms with E-state index < -0.39 is 0 Å². The maximum atomic E-state index is 10.0. The van der Waals surface area contributed by atoms with Crippen LogP contribution in [-0.4, -0.2) is 21.7 Å². The van der Waals surface area contributed by atoms with Crippen molar-refractivity contribution >= 4 is 23.0 Å². The third-order valence-corrected chi connectivity index (χ3v) is 3.16. The summed E-state index contributed by atoms with van der Waals surface area (Å²) in [6.07, 6.45) is 1.74. The number of anilines is 1. The molecule has 0 spiro atoms. The molecule has 0 bridgehead atoms. The van der Waals surface area contributed by atoms with Gasteiger partial charge in [-0.05, 0) is 43.4 Å². The summed E-state index contributed by atoms with van der Waals surface area (Å²) in [6.45, 7) is 3.21. The van der Waals surface area contributed by atoms with Crippen LogP contribution < -0.4 is 10.2 Å². The molecule has 1 aromatic heterocycles. The minimum Gasteiger partial charge on any atom is -0.506 e. The molecule has 0 atom stereocenters. The number of aromatic hydroxyl groups is 1. The monoisotopic (exact) mass is 287 g/mol. The van der Waals surface area contributed by atoms with Crippen LogP contribution in [0.25, 0.3) is 0 Å². The van der Waals surface area contributed by atoms with Crippen LogP contribution in [-0.2, 0) is 6.54 Å². The van der Waals surface area contributed by atoms with E-state index in [-0.39, 0.29) is 5.75 Å². The molecule has 2 rings (SSSR count). The number of phenols is 1. The van der Waals surface area contributed by atoms with E-state index in [0.29, 0.717) is 17.3 Å². The Morgan fingerprint density at radius 3 is 2.65 bits per heavy atom. The molecule has 20 heavy (non-hydrogen) atoms. The molecular weight excluding hydrogens is 270 g/mol. The SMILES string of the molecule is CCNC(=S)N(Cc1ccccn1)c1ccccc1O. The summed E-state index contributed by atoms with van der Waals surface area (Å²) in [5, 5.41) is 13.7. The van der Waals surface area contributed by atoms with Gasteiger partial charge in [0.05, 0.1) is 17.9 Å². The molecule has 4 nitrogen and oxygen atoms in total. The number of rotatable bonds is 4. The Hall–Kier alpha value is -2.14.